The number of amides is 2. The van der Waals surface area contributed by atoms with Crippen LogP contribution >= 0.6 is 0 Å². The van der Waals surface area contributed by atoms with Gasteiger partial charge >= 0.3 is 0 Å². The molecule has 1 aromatic carbocycles. The van der Waals surface area contributed by atoms with Crippen LogP contribution in [0.5, 0.6) is 0 Å². The molecular formula is C16H12F4N4O2. The van der Waals surface area contributed by atoms with Gasteiger partial charge in [-0.2, -0.15) is 10.4 Å². The normalized spacial score (nSPS) is 10.5. The molecule has 0 aliphatic carbocycles. The molecule has 0 unspecified atom stereocenters. The predicted molar refractivity (Wildman–Crippen MR) is 81.3 cm³/mol. The van der Waals surface area contributed by atoms with Crippen LogP contribution in [0.4, 0.5) is 23.4 Å². The summed E-state index contributed by atoms with van der Waals surface area (Å²) in [5.74, 6) is -9.17. The van der Waals surface area contributed by atoms with Crippen LogP contribution in [0, 0.1) is 34.6 Å². The van der Waals surface area contributed by atoms with Crippen molar-refractivity contribution in [2.75, 3.05) is 4.90 Å². The first-order valence-corrected chi connectivity index (χ1v) is 7.31. The van der Waals surface area contributed by atoms with E-state index in [1.54, 1.807) is 6.07 Å². The van der Waals surface area contributed by atoms with Gasteiger partial charge in [-0.15, -0.1) is 0 Å². The van der Waals surface area contributed by atoms with Crippen molar-refractivity contribution in [1.82, 2.24) is 9.78 Å². The van der Waals surface area contributed by atoms with Crippen molar-refractivity contribution in [3.8, 4) is 11.8 Å². The van der Waals surface area contributed by atoms with Crippen molar-refractivity contribution >= 4 is 17.6 Å². The summed E-state index contributed by atoms with van der Waals surface area (Å²) < 4.78 is 57.3. The lowest BCUT2D eigenvalue weighted by atomic mass is 10.1. The van der Waals surface area contributed by atoms with Crippen LogP contribution in [0.2, 0.25) is 0 Å². The van der Waals surface area contributed by atoms with Gasteiger partial charge in [0, 0.05) is 19.4 Å². The molecule has 0 N–H and O–H groups in total. The molecule has 136 valence electrons. The molecule has 0 spiro atoms. The largest absolute Gasteiger partial charge is 0.274 e. The quantitative estimate of drug-likeness (QED) is 0.616. The fourth-order valence-corrected chi connectivity index (χ4v) is 2.48. The van der Waals surface area contributed by atoms with Crippen molar-refractivity contribution < 1.29 is 27.2 Å². The van der Waals surface area contributed by atoms with Crippen LogP contribution < -0.4 is 4.90 Å². The van der Waals surface area contributed by atoms with Crippen molar-refractivity contribution in [3.63, 3.8) is 0 Å². The van der Waals surface area contributed by atoms with Gasteiger partial charge in [0.2, 0.25) is 11.8 Å². The molecule has 1 aromatic heterocycles. The minimum atomic E-state index is -1.76. The summed E-state index contributed by atoms with van der Waals surface area (Å²) >= 11 is 0. The highest BCUT2D eigenvalue weighted by atomic mass is 19.2. The molecule has 0 saturated heterocycles. The van der Waals surface area contributed by atoms with E-state index in [2.05, 4.69) is 5.10 Å². The highest BCUT2D eigenvalue weighted by Crippen LogP contribution is 2.31. The van der Waals surface area contributed by atoms with Crippen molar-refractivity contribution in [1.29, 1.82) is 5.26 Å². The van der Waals surface area contributed by atoms with E-state index in [1.807, 2.05) is 0 Å². The van der Waals surface area contributed by atoms with Gasteiger partial charge in [-0.25, -0.2) is 27.1 Å². The minimum absolute atomic E-state index is 0.311. The number of hydrogen-bond acceptors (Lipinski definition) is 4. The van der Waals surface area contributed by atoms with Crippen LogP contribution in [-0.2, 0) is 16.0 Å². The number of nitrogens with zero attached hydrogens (tertiary/aromatic N) is 4. The van der Waals surface area contributed by atoms with Gasteiger partial charge in [-0.1, -0.05) is 6.92 Å². The molecule has 0 saturated carbocycles. The van der Waals surface area contributed by atoms with E-state index >= 15 is 0 Å². The number of aromatic nitrogens is 2. The van der Waals surface area contributed by atoms with Gasteiger partial charge in [0.1, 0.15) is 17.3 Å². The van der Waals surface area contributed by atoms with Crippen LogP contribution in [0.1, 0.15) is 31.9 Å². The molecule has 2 amide bonds. The maximum absolute atomic E-state index is 14.4. The first-order chi connectivity index (χ1) is 12.2. The van der Waals surface area contributed by atoms with E-state index in [9.17, 15) is 27.2 Å². The second kappa shape index (κ2) is 6.95. The lowest BCUT2D eigenvalue weighted by molar-refractivity contribution is -0.124. The number of hydrogen-bond donors (Lipinski definition) is 0. The number of halogens is 4. The average molecular weight is 368 g/mol. The van der Waals surface area contributed by atoms with E-state index in [0.717, 1.165) is 20.0 Å². The molecule has 6 nitrogen and oxygen atoms in total. The molecule has 0 aliphatic heterocycles. The zero-order valence-corrected chi connectivity index (χ0v) is 13.9. The smallest absolute Gasteiger partial charge is 0.231 e. The molecule has 0 fully saturated rings. The number of rotatable bonds is 3. The Morgan fingerprint density at radius 3 is 2.00 bits per heavy atom. The van der Waals surface area contributed by atoms with Crippen molar-refractivity contribution in [3.05, 3.63) is 40.6 Å². The molecule has 2 aromatic rings. The highest BCUT2D eigenvalue weighted by Gasteiger charge is 2.32. The van der Waals surface area contributed by atoms with Gasteiger partial charge in [0.15, 0.2) is 29.1 Å². The number of anilines is 1. The fraction of sp³-hybridized carbons (Fsp3) is 0.250. The number of benzene rings is 1. The number of carbonyl (C=O) groups excluding carboxylic acids is 2. The molecule has 10 heteroatoms. The lowest BCUT2D eigenvalue weighted by Crippen LogP contribution is -2.35. The Morgan fingerprint density at radius 2 is 1.62 bits per heavy atom. The Bertz CT molecular complexity index is 919. The molecule has 0 atom stereocenters. The number of imide groups is 1. The summed E-state index contributed by atoms with van der Waals surface area (Å²) in [6, 6.07) is 1.60. The Kier molecular flexibility index (Phi) is 5.11. The highest BCUT2D eigenvalue weighted by molar-refractivity contribution is 6.13. The second-order valence-electron chi connectivity index (χ2n) is 5.22. The zero-order valence-electron chi connectivity index (χ0n) is 13.9. The van der Waals surface area contributed by atoms with Gasteiger partial charge in [0.25, 0.3) is 0 Å². The molecule has 2 rings (SSSR count). The van der Waals surface area contributed by atoms with Gasteiger partial charge in [-0.3, -0.25) is 9.59 Å². The lowest BCUT2D eigenvalue weighted by Gasteiger charge is -2.20. The van der Waals surface area contributed by atoms with E-state index < -0.39 is 57.7 Å². The van der Waals surface area contributed by atoms with Crippen LogP contribution in [0.25, 0.3) is 5.69 Å². The molecular weight excluding hydrogens is 356 g/mol. The van der Waals surface area contributed by atoms with E-state index in [-0.39, 0.29) is 6.42 Å². The topological polar surface area (TPSA) is 79.0 Å². The second-order valence-corrected chi connectivity index (χ2v) is 5.22. The number of nitriles is 1. The summed E-state index contributed by atoms with van der Waals surface area (Å²) in [5, 5.41) is 12.7. The molecule has 0 bridgehead atoms. The zero-order chi connectivity index (χ0) is 19.8. The Labute approximate surface area is 145 Å². The van der Waals surface area contributed by atoms with Gasteiger partial charge < -0.3 is 0 Å². The standard InChI is InChI=1S/C16H12F4N4O2/c1-4-10-11(17)13(19)15(14(20)12(10)18)24-16(9(5-21)6-22-24)23(7(2)25)8(3)26/h6H,4H2,1-3H3. The maximum Gasteiger partial charge on any atom is 0.231 e. The molecule has 0 radical (unpaired) electrons. The van der Waals surface area contributed by atoms with Crippen LogP contribution in [0.3, 0.4) is 0 Å². The summed E-state index contributed by atoms with van der Waals surface area (Å²) in [5.41, 5.74) is -2.47. The maximum atomic E-state index is 14.4. The molecule has 26 heavy (non-hydrogen) atoms. The first-order valence-electron chi connectivity index (χ1n) is 7.31. The summed E-state index contributed by atoms with van der Waals surface area (Å²) in [6.45, 7) is 3.24. The minimum Gasteiger partial charge on any atom is -0.274 e. The third-order valence-electron chi connectivity index (χ3n) is 3.60. The molecule has 0 aliphatic rings. The monoisotopic (exact) mass is 368 g/mol. The third kappa shape index (κ3) is 2.81. The Balaban J connectivity index is 2.93. The summed E-state index contributed by atoms with van der Waals surface area (Å²) in [4.78, 5) is 23.9. The molecule has 1 heterocycles. The van der Waals surface area contributed by atoms with Crippen LogP contribution in [-0.4, -0.2) is 21.6 Å². The van der Waals surface area contributed by atoms with Crippen molar-refractivity contribution in [2.24, 2.45) is 0 Å². The number of carbonyl (C=O) groups is 2. The SMILES string of the molecule is CCc1c(F)c(F)c(-n2ncc(C#N)c2N(C(C)=O)C(C)=O)c(F)c1F. The van der Waals surface area contributed by atoms with Crippen LogP contribution in [0.15, 0.2) is 6.20 Å². The van der Waals surface area contributed by atoms with Gasteiger partial charge in [0.05, 0.1) is 6.20 Å². The third-order valence-corrected chi connectivity index (χ3v) is 3.60. The predicted octanol–water partition coefficient (Wildman–Crippen LogP) is 2.76. The fourth-order valence-electron chi connectivity index (χ4n) is 2.48. The summed E-state index contributed by atoms with van der Waals surface area (Å²) in [7, 11) is 0. The van der Waals surface area contributed by atoms with Crippen molar-refractivity contribution in [2.45, 2.75) is 27.2 Å². The Morgan fingerprint density at radius 1 is 1.12 bits per heavy atom. The first kappa shape index (κ1) is 19.1. The average Bonchev–Trinajstić information content (AvgIpc) is 2.96. The summed E-state index contributed by atoms with van der Waals surface area (Å²) in [6.07, 6.45) is 0.505. The van der Waals surface area contributed by atoms with E-state index in [4.69, 9.17) is 5.26 Å². The van der Waals surface area contributed by atoms with Gasteiger partial charge in [-0.05, 0) is 6.42 Å². The van der Waals surface area contributed by atoms with E-state index in [0.29, 0.717) is 9.58 Å². The van der Waals surface area contributed by atoms with E-state index in [1.165, 1.54) is 6.92 Å². The Hall–Kier alpha value is -3.22.